The number of benzene rings is 8. The molecule has 222 valence electrons. The van der Waals surface area contributed by atoms with Crippen LogP contribution in [0.1, 0.15) is 22.3 Å². The van der Waals surface area contributed by atoms with Crippen LogP contribution in [0.15, 0.2) is 171 Å². The molecule has 1 aliphatic carbocycles. The lowest BCUT2D eigenvalue weighted by atomic mass is 9.65. The minimum Gasteiger partial charge on any atom is -0.466 e. The second-order valence-electron chi connectivity index (χ2n) is 12.2. The van der Waals surface area contributed by atoms with Crippen molar-refractivity contribution in [2.24, 2.45) is 0 Å². The number of rotatable bonds is 6. The van der Waals surface area contributed by atoms with Gasteiger partial charge in [0.15, 0.2) is 0 Å². The van der Waals surface area contributed by atoms with E-state index in [-0.39, 0.29) is 0 Å². The molecule has 0 N–H and O–H groups in total. The Balaban J connectivity index is 1.46. The van der Waals surface area contributed by atoms with Gasteiger partial charge in [-0.2, -0.15) is 0 Å². The van der Waals surface area contributed by atoms with Gasteiger partial charge < -0.3 is 9.47 Å². The minimum atomic E-state index is -0.610. The van der Waals surface area contributed by atoms with Gasteiger partial charge in [0.05, 0.1) is 17.9 Å². The molecule has 0 bridgehead atoms. The highest BCUT2D eigenvalue weighted by atomic mass is 16.5. The normalized spacial score (nSPS) is 13.0. The van der Waals surface area contributed by atoms with Gasteiger partial charge in [-0.1, -0.05) is 122 Å². The van der Waals surface area contributed by atoms with Gasteiger partial charge in [0.1, 0.15) is 11.5 Å². The first-order valence-electron chi connectivity index (χ1n) is 15.9. The predicted octanol–water partition coefficient (Wildman–Crippen LogP) is 11.7. The average Bonchev–Trinajstić information content (AvgIpc) is 3.43. The number of hydrogen-bond acceptors (Lipinski definition) is 2. The van der Waals surface area contributed by atoms with Crippen molar-refractivity contribution < 1.29 is 9.47 Å². The molecule has 0 saturated carbocycles. The van der Waals surface area contributed by atoms with Crippen molar-refractivity contribution in [2.45, 2.75) is 5.41 Å². The highest BCUT2D eigenvalue weighted by molar-refractivity contribution is 6.07. The standard InChI is InChI=1S/C45H30O2/c1-3-46-37-21-15-31-25-35(19-13-33(31)27-37)45(36-20-14-34-28-38(47-4-2)22-16-32(34)26-36)43-39-11-7-5-9-29(39)17-23-41(43)42-24-18-30-10-6-8-12-40(30)44(42)45/h3-28H,1-2H2. The quantitative estimate of drug-likeness (QED) is 0.176. The van der Waals surface area contributed by atoms with Gasteiger partial charge in [-0.15, -0.1) is 0 Å². The fraction of sp³-hybridized carbons (Fsp3) is 0.0222. The maximum Gasteiger partial charge on any atom is 0.127 e. The third kappa shape index (κ3) is 3.98. The van der Waals surface area contributed by atoms with E-state index >= 15 is 0 Å². The summed E-state index contributed by atoms with van der Waals surface area (Å²) in [4.78, 5) is 0. The Hall–Kier alpha value is -6.12. The maximum atomic E-state index is 5.64. The molecule has 0 heterocycles. The largest absolute Gasteiger partial charge is 0.466 e. The van der Waals surface area contributed by atoms with E-state index in [1.807, 2.05) is 12.1 Å². The second kappa shape index (κ2) is 10.5. The van der Waals surface area contributed by atoms with E-state index in [4.69, 9.17) is 9.47 Å². The highest BCUT2D eigenvalue weighted by Crippen LogP contribution is 2.60. The van der Waals surface area contributed by atoms with Crippen molar-refractivity contribution >= 4 is 43.1 Å². The Morgan fingerprint density at radius 2 is 0.809 bits per heavy atom. The van der Waals surface area contributed by atoms with Crippen LogP contribution in [0.2, 0.25) is 0 Å². The number of hydrogen-bond donors (Lipinski definition) is 0. The molecule has 9 rings (SSSR count). The van der Waals surface area contributed by atoms with E-state index in [0.717, 1.165) is 33.0 Å². The molecule has 8 aromatic carbocycles. The van der Waals surface area contributed by atoms with Gasteiger partial charge in [0.2, 0.25) is 0 Å². The fourth-order valence-electron chi connectivity index (χ4n) is 7.92. The van der Waals surface area contributed by atoms with Crippen LogP contribution in [0.3, 0.4) is 0 Å². The first-order chi connectivity index (χ1) is 23.2. The molecular formula is C45H30O2. The molecule has 8 aromatic rings. The monoisotopic (exact) mass is 602 g/mol. The minimum absolute atomic E-state index is 0.610. The Morgan fingerprint density at radius 3 is 1.28 bits per heavy atom. The van der Waals surface area contributed by atoms with Crippen LogP contribution in [-0.4, -0.2) is 0 Å². The SMILES string of the molecule is C=COc1ccc2cc(C3(c4ccc5cc(OC=C)ccc5c4)c4c(ccc5ccccc45)-c4ccc5ccccc5c43)ccc2c1. The zero-order valence-corrected chi connectivity index (χ0v) is 25.7. The molecule has 0 radical (unpaired) electrons. The van der Waals surface area contributed by atoms with Crippen molar-refractivity contribution in [3.63, 3.8) is 0 Å². The van der Waals surface area contributed by atoms with Gasteiger partial charge in [-0.3, -0.25) is 0 Å². The van der Waals surface area contributed by atoms with Crippen molar-refractivity contribution in [3.05, 3.63) is 194 Å². The summed E-state index contributed by atoms with van der Waals surface area (Å²) in [5, 5.41) is 9.52. The first kappa shape index (κ1) is 27.2. The van der Waals surface area contributed by atoms with E-state index in [2.05, 4.69) is 147 Å². The van der Waals surface area contributed by atoms with Gasteiger partial charge in [-0.05, 0) is 113 Å². The van der Waals surface area contributed by atoms with E-state index in [0.29, 0.717) is 0 Å². The van der Waals surface area contributed by atoms with Crippen LogP contribution in [0.25, 0.3) is 54.2 Å². The van der Waals surface area contributed by atoms with Gasteiger partial charge in [0.25, 0.3) is 0 Å². The number of fused-ring (bicyclic) bond motifs is 9. The molecule has 0 aliphatic heterocycles. The summed E-state index contributed by atoms with van der Waals surface area (Å²) in [5.41, 5.74) is 7.02. The molecule has 0 aromatic heterocycles. The summed E-state index contributed by atoms with van der Waals surface area (Å²) in [6, 6.07) is 53.1. The molecule has 47 heavy (non-hydrogen) atoms. The summed E-state index contributed by atoms with van der Waals surface area (Å²) in [6.45, 7) is 7.48. The van der Waals surface area contributed by atoms with Crippen molar-refractivity contribution in [2.75, 3.05) is 0 Å². The van der Waals surface area contributed by atoms with Crippen LogP contribution < -0.4 is 9.47 Å². The van der Waals surface area contributed by atoms with Crippen molar-refractivity contribution in [3.8, 4) is 22.6 Å². The highest BCUT2D eigenvalue weighted by Gasteiger charge is 2.48. The van der Waals surface area contributed by atoms with E-state index in [9.17, 15) is 0 Å². The molecule has 0 atom stereocenters. The van der Waals surface area contributed by atoms with Crippen LogP contribution in [0, 0.1) is 0 Å². The predicted molar refractivity (Wildman–Crippen MR) is 195 cm³/mol. The molecule has 2 nitrogen and oxygen atoms in total. The third-order valence-electron chi connectivity index (χ3n) is 9.83. The van der Waals surface area contributed by atoms with Crippen molar-refractivity contribution in [1.29, 1.82) is 0 Å². The molecule has 2 heteroatoms. The molecule has 0 saturated heterocycles. The lowest BCUT2D eigenvalue weighted by Gasteiger charge is -2.36. The molecular weight excluding hydrogens is 572 g/mol. The summed E-state index contributed by atoms with van der Waals surface area (Å²) >= 11 is 0. The lowest BCUT2D eigenvalue weighted by molar-refractivity contribution is 0.484. The zero-order chi connectivity index (χ0) is 31.5. The van der Waals surface area contributed by atoms with Crippen LogP contribution >= 0.6 is 0 Å². The molecule has 0 amide bonds. The van der Waals surface area contributed by atoms with Gasteiger partial charge >= 0.3 is 0 Å². The molecule has 0 spiro atoms. The number of ether oxygens (including phenoxy) is 2. The second-order valence-corrected chi connectivity index (χ2v) is 12.2. The van der Waals surface area contributed by atoms with Gasteiger partial charge in [0, 0.05) is 0 Å². The summed E-state index contributed by atoms with van der Waals surface area (Å²) in [6.07, 6.45) is 2.94. The van der Waals surface area contributed by atoms with Crippen LogP contribution in [0.5, 0.6) is 11.5 Å². The van der Waals surface area contributed by atoms with Crippen LogP contribution in [-0.2, 0) is 5.41 Å². The molecule has 0 unspecified atom stereocenters. The third-order valence-corrected chi connectivity index (χ3v) is 9.83. The summed E-state index contributed by atoms with van der Waals surface area (Å²) in [5.74, 6) is 1.55. The van der Waals surface area contributed by atoms with E-state index in [1.54, 1.807) is 0 Å². The average molecular weight is 603 g/mol. The van der Waals surface area contributed by atoms with Crippen LogP contribution in [0.4, 0.5) is 0 Å². The Bertz CT molecular complexity index is 2390. The molecule has 1 aliphatic rings. The maximum absolute atomic E-state index is 5.64. The molecule has 0 fully saturated rings. The van der Waals surface area contributed by atoms with E-state index in [1.165, 1.54) is 67.4 Å². The topological polar surface area (TPSA) is 18.5 Å². The Kier molecular flexibility index (Phi) is 6.06. The zero-order valence-electron chi connectivity index (χ0n) is 25.7. The fourth-order valence-corrected chi connectivity index (χ4v) is 7.92. The Morgan fingerprint density at radius 1 is 0.404 bits per heavy atom. The Labute approximate surface area is 273 Å². The van der Waals surface area contributed by atoms with Gasteiger partial charge in [-0.25, -0.2) is 0 Å². The summed E-state index contributed by atoms with van der Waals surface area (Å²) < 4.78 is 11.3. The van der Waals surface area contributed by atoms with E-state index < -0.39 is 5.41 Å². The van der Waals surface area contributed by atoms with Crippen molar-refractivity contribution in [1.82, 2.24) is 0 Å². The smallest absolute Gasteiger partial charge is 0.127 e. The lowest BCUT2D eigenvalue weighted by Crippen LogP contribution is -2.29. The summed E-state index contributed by atoms with van der Waals surface area (Å²) in [7, 11) is 0. The first-order valence-corrected chi connectivity index (χ1v) is 15.9.